The third kappa shape index (κ3) is 5.16. The van der Waals surface area contributed by atoms with Crippen molar-refractivity contribution in [1.82, 2.24) is 5.32 Å². The maximum Gasteiger partial charge on any atom is 0.229 e. The molecule has 9 N–H and O–H groups in total. The third-order valence-electron chi connectivity index (χ3n) is 7.61. The molecule has 0 spiro atoms. The van der Waals surface area contributed by atoms with Crippen LogP contribution >= 0.6 is 0 Å². The van der Waals surface area contributed by atoms with E-state index in [1.54, 1.807) is 12.3 Å². The fourth-order valence-electron chi connectivity index (χ4n) is 5.36. The van der Waals surface area contributed by atoms with Gasteiger partial charge in [-0.25, -0.2) is 0 Å². The average molecular weight is 585 g/mol. The second-order valence-corrected chi connectivity index (χ2v) is 10.2. The number of phenols is 1. The number of dihydropyridines is 1. The number of methoxy groups -OCH3 is 1. The second kappa shape index (κ2) is 11.8. The first kappa shape index (κ1) is 29.7. The fourth-order valence-corrected chi connectivity index (χ4v) is 5.36. The van der Waals surface area contributed by atoms with E-state index in [2.05, 4.69) is 5.32 Å². The van der Waals surface area contributed by atoms with Crippen molar-refractivity contribution in [1.29, 1.82) is 0 Å². The molecular formula is C29H32N2O11. The Kier molecular flexibility index (Phi) is 8.35. The number of rotatable bonds is 8. The second-order valence-electron chi connectivity index (χ2n) is 10.2. The lowest BCUT2D eigenvalue weighted by Crippen LogP contribution is -2.60. The van der Waals surface area contributed by atoms with E-state index >= 15 is 0 Å². The van der Waals surface area contributed by atoms with Crippen molar-refractivity contribution < 1.29 is 54.4 Å². The summed E-state index contributed by atoms with van der Waals surface area (Å²) in [4.78, 5) is 27.8. The molecule has 6 atom stereocenters. The lowest BCUT2D eigenvalue weighted by Gasteiger charge is -2.40. The topological polar surface area (TPSA) is 221 Å². The number of aryl methyl sites for hydroxylation is 1. The largest absolute Gasteiger partial charge is 0.507 e. The Morgan fingerprint density at radius 3 is 2.36 bits per heavy atom. The first-order chi connectivity index (χ1) is 20.1. The standard InChI is InChI=1S/C29H32N2O11/c1-40-17-8-18(41-29-28(39)27(38)25(36)19(11-33)42-29)23-22(15(17)10-32)24(35)14-6-13(7-16(34)21(14)26(23)37)3-2-12-4-5-20(30)31-9-12/h4-9,19-20,25,27-29,31-34,36,38-39H,2-3,10-11,30H2,1H3/t19-,20?,25-,27+,28-,29-/m1/s1. The molecule has 2 aromatic rings. The van der Waals surface area contributed by atoms with Crippen molar-refractivity contribution in [2.45, 2.75) is 56.3 Å². The molecule has 3 aliphatic rings. The van der Waals surface area contributed by atoms with E-state index in [0.29, 0.717) is 18.4 Å². The van der Waals surface area contributed by atoms with Gasteiger partial charge in [-0.1, -0.05) is 6.08 Å². The molecule has 0 aromatic heterocycles. The molecular weight excluding hydrogens is 552 g/mol. The Bertz CT molecular complexity index is 1470. The number of hydrogen-bond acceptors (Lipinski definition) is 13. The Morgan fingerprint density at radius 1 is 0.952 bits per heavy atom. The molecule has 2 heterocycles. The van der Waals surface area contributed by atoms with Gasteiger partial charge in [0.1, 0.15) is 41.7 Å². The molecule has 2 aliphatic heterocycles. The van der Waals surface area contributed by atoms with Crippen LogP contribution in [0.3, 0.4) is 0 Å². The highest BCUT2D eigenvalue weighted by atomic mass is 16.7. The van der Waals surface area contributed by atoms with Crippen molar-refractivity contribution in [2.75, 3.05) is 13.7 Å². The normalized spacial score (nSPS) is 26.7. The molecule has 0 amide bonds. The highest BCUT2D eigenvalue weighted by Gasteiger charge is 2.46. The van der Waals surface area contributed by atoms with E-state index in [0.717, 1.165) is 5.57 Å². The van der Waals surface area contributed by atoms with E-state index in [-0.39, 0.29) is 45.5 Å². The smallest absolute Gasteiger partial charge is 0.229 e. The van der Waals surface area contributed by atoms with Crippen LogP contribution in [0.5, 0.6) is 17.2 Å². The number of phenolic OH excluding ortho intramolecular Hbond substituents is 1. The number of carbonyl (C=O) groups excluding carboxylic acids is 2. The Morgan fingerprint density at radius 2 is 1.71 bits per heavy atom. The molecule has 5 rings (SSSR count). The Hall–Kier alpha value is -3.82. The zero-order valence-electron chi connectivity index (χ0n) is 22.6. The molecule has 1 fully saturated rings. The predicted molar refractivity (Wildman–Crippen MR) is 145 cm³/mol. The van der Waals surface area contributed by atoms with Crippen molar-refractivity contribution in [3.8, 4) is 17.2 Å². The summed E-state index contributed by atoms with van der Waals surface area (Å²) >= 11 is 0. The number of ketones is 2. The van der Waals surface area contributed by atoms with Crippen molar-refractivity contribution >= 4 is 11.6 Å². The van der Waals surface area contributed by atoms with Gasteiger partial charge in [0, 0.05) is 29.0 Å². The maximum atomic E-state index is 13.9. The molecule has 0 radical (unpaired) electrons. The number of fused-ring (bicyclic) bond motifs is 2. The molecule has 224 valence electrons. The van der Waals surface area contributed by atoms with Gasteiger partial charge in [-0.05, 0) is 42.2 Å². The molecule has 0 bridgehead atoms. The van der Waals surface area contributed by atoms with E-state index in [9.17, 15) is 40.2 Å². The molecule has 2 aromatic carbocycles. The minimum atomic E-state index is -1.81. The van der Waals surface area contributed by atoms with Crippen molar-refractivity contribution in [3.05, 3.63) is 75.5 Å². The van der Waals surface area contributed by atoms with Gasteiger partial charge >= 0.3 is 0 Å². The summed E-state index contributed by atoms with van der Waals surface area (Å²) in [7, 11) is 1.28. The molecule has 1 unspecified atom stereocenters. The number of nitrogens with one attached hydrogen (secondary N) is 1. The van der Waals surface area contributed by atoms with Gasteiger partial charge in [-0.15, -0.1) is 0 Å². The molecule has 1 saturated heterocycles. The van der Waals surface area contributed by atoms with Crippen molar-refractivity contribution in [2.24, 2.45) is 5.73 Å². The van der Waals surface area contributed by atoms with E-state index in [1.807, 2.05) is 6.08 Å². The summed E-state index contributed by atoms with van der Waals surface area (Å²) in [5.41, 5.74) is 6.43. The summed E-state index contributed by atoms with van der Waals surface area (Å²) in [5, 5.41) is 64.4. The highest BCUT2D eigenvalue weighted by molar-refractivity contribution is 6.31. The monoisotopic (exact) mass is 584 g/mol. The first-order valence-electron chi connectivity index (χ1n) is 13.3. The summed E-state index contributed by atoms with van der Waals surface area (Å²) in [5.74, 6) is -2.22. The van der Waals surface area contributed by atoms with Crippen LogP contribution in [-0.4, -0.2) is 92.8 Å². The number of ether oxygens (including phenoxy) is 3. The number of carbonyl (C=O) groups is 2. The molecule has 0 saturated carbocycles. The Balaban J connectivity index is 1.55. The Labute approximate surface area is 240 Å². The number of allylic oxidation sites excluding steroid dienone is 2. The minimum Gasteiger partial charge on any atom is -0.507 e. The lowest BCUT2D eigenvalue weighted by atomic mass is 9.79. The third-order valence-corrected chi connectivity index (χ3v) is 7.61. The van der Waals surface area contributed by atoms with Crippen LogP contribution in [0.4, 0.5) is 0 Å². The number of benzene rings is 2. The van der Waals surface area contributed by atoms with Crippen LogP contribution in [0, 0.1) is 0 Å². The summed E-state index contributed by atoms with van der Waals surface area (Å²) < 4.78 is 16.6. The zero-order valence-corrected chi connectivity index (χ0v) is 22.6. The van der Waals surface area contributed by atoms with Gasteiger partial charge in [0.2, 0.25) is 12.1 Å². The van der Waals surface area contributed by atoms with Crippen molar-refractivity contribution in [3.63, 3.8) is 0 Å². The van der Waals surface area contributed by atoms with Crippen LogP contribution in [0.1, 0.15) is 49.4 Å². The quantitative estimate of drug-likeness (QED) is 0.161. The van der Waals surface area contributed by atoms with Gasteiger partial charge in [0.05, 0.1) is 37.6 Å². The SMILES string of the molecule is COc1cc(O[C@@H]2O[C@H](CO)[C@@H](O)[C@H](O)[C@H]2O)c2c(c1CO)C(=O)c1cc(CCC3=CNC(N)C=C3)cc(O)c1C2=O. The number of nitrogens with two attached hydrogens (primary N) is 1. The summed E-state index contributed by atoms with van der Waals surface area (Å²) in [6, 6.07) is 4.12. The summed E-state index contributed by atoms with van der Waals surface area (Å²) in [6.07, 6.45) is -2.03. The number of aromatic hydroxyl groups is 1. The molecule has 13 heteroatoms. The van der Waals surface area contributed by atoms with Gasteiger partial charge in [0.15, 0.2) is 5.78 Å². The van der Waals surface area contributed by atoms with E-state index < -0.39 is 61.2 Å². The first-order valence-corrected chi connectivity index (χ1v) is 13.3. The van der Waals surface area contributed by atoms with Gasteiger partial charge in [0.25, 0.3) is 0 Å². The van der Waals surface area contributed by atoms with Crippen LogP contribution < -0.4 is 20.5 Å². The van der Waals surface area contributed by atoms with Crippen LogP contribution in [0.15, 0.2) is 42.1 Å². The zero-order chi connectivity index (χ0) is 30.3. The van der Waals surface area contributed by atoms with Gasteiger partial charge < -0.3 is 55.9 Å². The number of aliphatic hydroxyl groups is 5. The average Bonchev–Trinajstić information content (AvgIpc) is 2.98. The fraction of sp³-hybridized carbons (Fsp3) is 0.379. The highest BCUT2D eigenvalue weighted by Crippen LogP contribution is 2.43. The minimum absolute atomic E-state index is 0.00228. The molecule has 1 aliphatic carbocycles. The van der Waals surface area contributed by atoms with Crippen LogP contribution in [-0.2, 0) is 17.8 Å². The van der Waals surface area contributed by atoms with Crippen LogP contribution in [0.25, 0.3) is 0 Å². The van der Waals surface area contributed by atoms with Gasteiger partial charge in [-0.2, -0.15) is 0 Å². The van der Waals surface area contributed by atoms with E-state index in [4.69, 9.17) is 19.9 Å². The number of hydrogen-bond donors (Lipinski definition) is 8. The van der Waals surface area contributed by atoms with E-state index in [1.165, 1.54) is 25.3 Å². The summed E-state index contributed by atoms with van der Waals surface area (Å²) in [6.45, 7) is -1.39. The maximum absolute atomic E-state index is 13.9. The predicted octanol–water partition coefficient (Wildman–Crippen LogP) is -0.892. The lowest BCUT2D eigenvalue weighted by molar-refractivity contribution is -0.277. The van der Waals surface area contributed by atoms with Gasteiger partial charge in [-0.3, -0.25) is 9.59 Å². The number of aliphatic hydroxyl groups excluding tert-OH is 5. The molecule has 13 nitrogen and oxygen atoms in total. The van der Waals surface area contributed by atoms with Crippen LogP contribution in [0.2, 0.25) is 0 Å². The molecule has 42 heavy (non-hydrogen) atoms.